The molecule has 5 heteroatoms. The molecule has 0 bridgehead atoms. The number of aryl methyl sites for hydroxylation is 1. The van der Waals surface area contributed by atoms with Crippen LogP contribution in [0.5, 0.6) is 5.88 Å². The molecule has 0 fully saturated rings. The summed E-state index contributed by atoms with van der Waals surface area (Å²) in [5.41, 5.74) is 2.53. The number of pyridine rings is 2. The third kappa shape index (κ3) is 3.19. The van der Waals surface area contributed by atoms with E-state index in [0.29, 0.717) is 25.3 Å². The first-order chi connectivity index (χ1) is 9.24. The SMILES string of the molecule is CCOC(=O)CCc1ccnc2ccc(OC)nc12. The van der Waals surface area contributed by atoms with E-state index in [9.17, 15) is 4.79 Å². The van der Waals surface area contributed by atoms with Crippen molar-refractivity contribution in [3.05, 3.63) is 30.0 Å². The first-order valence-corrected chi connectivity index (χ1v) is 6.19. The lowest BCUT2D eigenvalue weighted by Gasteiger charge is -2.06. The Morgan fingerprint density at radius 1 is 1.32 bits per heavy atom. The molecule has 0 aliphatic carbocycles. The molecule has 0 saturated heterocycles. The maximum absolute atomic E-state index is 11.4. The number of aromatic nitrogens is 2. The second kappa shape index (κ2) is 6.13. The average Bonchev–Trinajstić information content (AvgIpc) is 2.44. The van der Waals surface area contributed by atoms with E-state index in [0.717, 1.165) is 16.6 Å². The zero-order chi connectivity index (χ0) is 13.7. The Kier molecular flexibility index (Phi) is 4.28. The number of esters is 1. The molecular formula is C14H16N2O3. The van der Waals surface area contributed by atoms with Crippen molar-refractivity contribution < 1.29 is 14.3 Å². The summed E-state index contributed by atoms with van der Waals surface area (Å²) in [6.07, 6.45) is 2.64. The predicted octanol–water partition coefficient (Wildman–Crippen LogP) is 2.13. The summed E-state index contributed by atoms with van der Waals surface area (Å²) in [4.78, 5) is 20.0. The van der Waals surface area contributed by atoms with Crippen LogP contribution in [0.1, 0.15) is 18.9 Å². The number of methoxy groups -OCH3 is 1. The van der Waals surface area contributed by atoms with E-state index in [1.54, 1.807) is 26.3 Å². The lowest BCUT2D eigenvalue weighted by molar-refractivity contribution is -0.143. The van der Waals surface area contributed by atoms with Crippen molar-refractivity contribution in [2.75, 3.05) is 13.7 Å². The Labute approximate surface area is 111 Å². The van der Waals surface area contributed by atoms with E-state index < -0.39 is 0 Å². The smallest absolute Gasteiger partial charge is 0.306 e. The molecular weight excluding hydrogens is 244 g/mol. The van der Waals surface area contributed by atoms with Gasteiger partial charge in [0.05, 0.1) is 24.8 Å². The normalized spacial score (nSPS) is 10.4. The van der Waals surface area contributed by atoms with Crippen LogP contribution in [0.15, 0.2) is 24.4 Å². The summed E-state index contributed by atoms with van der Waals surface area (Å²) >= 11 is 0. The maximum Gasteiger partial charge on any atom is 0.306 e. The molecule has 2 rings (SSSR count). The van der Waals surface area contributed by atoms with Gasteiger partial charge in [-0.15, -0.1) is 0 Å². The van der Waals surface area contributed by atoms with Gasteiger partial charge in [0.2, 0.25) is 5.88 Å². The van der Waals surface area contributed by atoms with Crippen LogP contribution in [0.2, 0.25) is 0 Å². The number of ether oxygens (including phenoxy) is 2. The number of nitrogens with zero attached hydrogens (tertiary/aromatic N) is 2. The van der Waals surface area contributed by atoms with Crippen molar-refractivity contribution in [1.29, 1.82) is 0 Å². The number of carbonyl (C=O) groups is 1. The van der Waals surface area contributed by atoms with E-state index in [1.165, 1.54) is 0 Å². The second-order valence-electron chi connectivity index (χ2n) is 4.00. The molecule has 2 heterocycles. The van der Waals surface area contributed by atoms with Crippen LogP contribution in [0.3, 0.4) is 0 Å². The van der Waals surface area contributed by atoms with E-state index in [-0.39, 0.29) is 5.97 Å². The Hall–Kier alpha value is -2.17. The molecule has 0 aliphatic rings. The van der Waals surface area contributed by atoms with Crippen molar-refractivity contribution in [2.24, 2.45) is 0 Å². The highest BCUT2D eigenvalue weighted by molar-refractivity contribution is 5.79. The van der Waals surface area contributed by atoms with E-state index in [2.05, 4.69) is 9.97 Å². The highest BCUT2D eigenvalue weighted by atomic mass is 16.5. The van der Waals surface area contributed by atoms with Crippen LogP contribution < -0.4 is 4.74 Å². The zero-order valence-electron chi connectivity index (χ0n) is 11.0. The van der Waals surface area contributed by atoms with Crippen molar-refractivity contribution in [1.82, 2.24) is 9.97 Å². The number of hydrogen-bond acceptors (Lipinski definition) is 5. The van der Waals surface area contributed by atoms with Gasteiger partial charge in [0.1, 0.15) is 0 Å². The summed E-state index contributed by atoms with van der Waals surface area (Å²) in [5.74, 6) is 0.341. The van der Waals surface area contributed by atoms with Gasteiger partial charge in [0.25, 0.3) is 0 Å². The Balaban J connectivity index is 2.24. The Morgan fingerprint density at radius 3 is 2.89 bits per heavy atom. The lowest BCUT2D eigenvalue weighted by atomic mass is 10.1. The number of fused-ring (bicyclic) bond motifs is 1. The molecule has 100 valence electrons. The Bertz CT molecular complexity index is 584. The van der Waals surface area contributed by atoms with Gasteiger partial charge >= 0.3 is 5.97 Å². The third-order valence-electron chi connectivity index (χ3n) is 2.75. The fourth-order valence-corrected chi connectivity index (χ4v) is 1.85. The molecule has 2 aromatic rings. The molecule has 19 heavy (non-hydrogen) atoms. The highest BCUT2D eigenvalue weighted by Gasteiger charge is 2.08. The van der Waals surface area contributed by atoms with Crippen molar-refractivity contribution in [3.8, 4) is 5.88 Å². The first-order valence-electron chi connectivity index (χ1n) is 6.19. The summed E-state index contributed by atoms with van der Waals surface area (Å²) in [7, 11) is 1.57. The van der Waals surface area contributed by atoms with Crippen LogP contribution in [-0.2, 0) is 16.0 Å². The summed E-state index contributed by atoms with van der Waals surface area (Å²) in [6, 6.07) is 5.49. The average molecular weight is 260 g/mol. The van der Waals surface area contributed by atoms with Gasteiger partial charge in [-0.05, 0) is 31.0 Å². The number of carbonyl (C=O) groups excluding carboxylic acids is 1. The topological polar surface area (TPSA) is 61.3 Å². The van der Waals surface area contributed by atoms with E-state index in [4.69, 9.17) is 9.47 Å². The van der Waals surface area contributed by atoms with Crippen LogP contribution in [-0.4, -0.2) is 29.7 Å². The molecule has 0 N–H and O–H groups in total. The van der Waals surface area contributed by atoms with Crippen LogP contribution in [0.4, 0.5) is 0 Å². The second-order valence-corrected chi connectivity index (χ2v) is 4.00. The highest BCUT2D eigenvalue weighted by Crippen LogP contribution is 2.19. The molecule has 0 aliphatic heterocycles. The fraction of sp³-hybridized carbons (Fsp3) is 0.357. The lowest BCUT2D eigenvalue weighted by Crippen LogP contribution is -2.05. The minimum Gasteiger partial charge on any atom is -0.481 e. The largest absolute Gasteiger partial charge is 0.481 e. The quantitative estimate of drug-likeness (QED) is 0.771. The molecule has 0 spiro atoms. The van der Waals surface area contributed by atoms with Gasteiger partial charge in [-0.1, -0.05) is 0 Å². The van der Waals surface area contributed by atoms with Gasteiger partial charge < -0.3 is 9.47 Å². The summed E-state index contributed by atoms with van der Waals surface area (Å²) in [6.45, 7) is 2.20. The van der Waals surface area contributed by atoms with Crippen LogP contribution >= 0.6 is 0 Å². The van der Waals surface area contributed by atoms with Gasteiger partial charge in [0.15, 0.2) is 0 Å². The van der Waals surface area contributed by atoms with Gasteiger partial charge in [-0.25, -0.2) is 4.98 Å². The number of hydrogen-bond donors (Lipinski definition) is 0. The van der Waals surface area contributed by atoms with Crippen molar-refractivity contribution in [2.45, 2.75) is 19.8 Å². The monoisotopic (exact) mass is 260 g/mol. The minimum atomic E-state index is -0.199. The van der Waals surface area contributed by atoms with E-state index in [1.807, 2.05) is 12.1 Å². The molecule has 0 radical (unpaired) electrons. The van der Waals surface area contributed by atoms with Crippen LogP contribution in [0, 0.1) is 0 Å². The fourth-order valence-electron chi connectivity index (χ4n) is 1.85. The molecule has 2 aromatic heterocycles. The van der Waals surface area contributed by atoms with Crippen molar-refractivity contribution in [3.63, 3.8) is 0 Å². The molecule has 0 aromatic carbocycles. The zero-order valence-corrected chi connectivity index (χ0v) is 11.0. The summed E-state index contributed by atoms with van der Waals surface area (Å²) < 4.78 is 10.0. The molecule has 0 amide bonds. The van der Waals surface area contributed by atoms with Crippen molar-refractivity contribution >= 4 is 17.0 Å². The standard InChI is InChI=1S/C14H16N2O3/c1-3-19-13(17)7-4-10-8-9-15-11-5-6-12(18-2)16-14(10)11/h5-6,8-9H,3-4,7H2,1-2H3. The van der Waals surface area contributed by atoms with Crippen LogP contribution in [0.25, 0.3) is 11.0 Å². The Morgan fingerprint density at radius 2 is 2.16 bits per heavy atom. The van der Waals surface area contributed by atoms with Gasteiger partial charge in [-0.3, -0.25) is 9.78 Å². The summed E-state index contributed by atoms with van der Waals surface area (Å²) in [5, 5.41) is 0. The van der Waals surface area contributed by atoms with E-state index >= 15 is 0 Å². The molecule has 0 unspecified atom stereocenters. The van der Waals surface area contributed by atoms with Gasteiger partial charge in [0, 0.05) is 18.7 Å². The third-order valence-corrected chi connectivity index (χ3v) is 2.75. The molecule has 0 saturated carbocycles. The predicted molar refractivity (Wildman–Crippen MR) is 71.0 cm³/mol. The molecule has 0 atom stereocenters. The first kappa shape index (κ1) is 13.3. The minimum absolute atomic E-state index is 0.199. The molecule has 5 nitrogen and oxygen atoms in total. The maximum atomic E-state index is 11.4. The number of rotatable bonds is 5. The van der Waals surface area contributed by atoms with Gasteiger partial charge in [-0.2, -0.15) is 0 Å².